The second-order valence-electron chi connectivity index (χ2n) is 19.4. The summed E-state index contributed by atoms with van der Waals surface area (Å²) in [6.45, 7) is 28.5. The van der Waals surface area contributed by atoms with Gasteiger partial charge in [-0.25, -0.2) is 0 Å². The van der Waals surface area contributed by atoms with Crippen molar-refractivity contribution in [1.82, 2.24) is 0 Å². The predicted molar refractivity (Wildman–Crippen MR) is 206 cm³/mol. The zero-order chi connectivity index (χ0) is 36.0. The van der Waals surface area contributed by atoms with Crippen molar-refractivity contribution in [3.63, 3.8) is 0 Å². The lowest BCUT2D eigenvalue weighted by Gasteiger charge is -2.33. The number of nitrogens with zero attached hydrogens (tertiary/aromatic N) is 2. The van der Waals surface area contributed by atoms with Crippen LogP contribution in [0.5, 0.6) is 11.5 Å². The van der Waals surface area contributed by atoms with Gasteiger partial charge in [0.15, 0.2) is 0 Å². The molecule has 0 saturated carbocycles. The molecule has 0 heterocycles. The molecule has 0 saturated heterocycles. The summed E-state index contributed by atoms with van der Waals surface area (Å²) in [4.78, 5) is 0. The Morgan fingerprint density at radius 3 is 1.00 bits per heavy atom. The highest BCUT2D eigenvalue weighted by atomic mass is 16.5. The maximum Gasteiger partial charge on any atom is 0.137 e. The lowest BCUT2D eigenvalue weighted by molar-refractivity contribution is -0.903. The fourth-order valence-electron chi connectivity index (χ4n) is 7.58. The molecule has 0 amide bonds. The Morgan fingerprint density at radius 1 is 0.438 bits per heavy atom. The van der Waals surface area contributed by atoms with Crippen LogP contribution in [0.25, 0.3) is 0 Å². The average Bonchev–Trinajstić information content (AvgIpc) is 2.92. The third kappa shape index (κ3) is 13.6. The number of rotatable bonds is 16. The molecular formula is C44H70N2O2+2. The van der Waals surface area contributed by atoms with E-state index in [2.05, 4.69) is 170 Å². The van der Waals surface area contributed by atoms with Gasteiger partial charge in [-0.1, -0.05) is 118 Å². The summed E-state index contributed by atoms with van der Waals surface area (Å²) >= 11 is 0. The van der Waals surface area contributed by atoms with Crippen LogP contribution in [-0.2, 0) is 23.9 Å². The standard InChI is InChI=1S/C44H70N2O2/c1-41(2,3)33-43(7,8)37-19-23-39(24-20-37)47-29-27-45(11,12)31-35-15-17-36(18-16-35)32-46(13,14)28-30-48-40-25-21-38(22-26-40)44(9,10)34-42(4,5)6/h15-26H,27-34H2,1-14H3/q+2. The number of quaternary nitrogens is 2. The Morgan fingerprint density at radius 2 is 0.729 bits per heavy atom. The maximum atomic E-state index is 6.19. The van der Waals surface area contributed by atoms with Crippen LogP contribution in [0.3, 0.4) is 0 Å². The summed E-state index contributed by atoms with van der Waals surface area (Å²) in [5, 5.41) is 0. The van der Waals surface area contributed by atoms with Gasteiger partial charge in [0.2, 0.25) is 0 Å². The van der Waals surface area contributed by atoms with Crippen LogP contribution in [-0.4, -0.2) is 63.5 Å². The minimum absolute atomic E-state index is 0.144. The number of benzene rings is 3. The molecule has 0 aliphatic rings. The van der Waals surface area contributed by atoms with E-state index in [0.29, 0.717) is 24.0 Å². The lowest BCUT2D eigenvalue weighted by Crippen LogP contribution is -2.42. The number of hydrogen-bond donors (Lipinski definition) is 0. The first-order valence-corrected chi connectivity index (χ1v) is 18.1. The number of ether oxygens (including phenoxy) is 2. The lowest BCUT2D eigenvalue weighted by atomic mass is 9.72. The van der Waals surface area contributed by atoms with Gasteiger partial charge in [0.25, 0.3) is 0 Å². The van der Waals surface area contributed by atoms with E-state index < -0.39 is 0 Å². The number of hydrogen-bond acceptors (Lipinski definition) is 2. The molecule has 0 aliphatic carbocycles. The van der Waals surface area contributed by atoms with Crippen molar-refractivity contribution in [2.24, 2.45) is 10.8 Å². The summed E-state index contributed by atoms with van der Waals surface area (Å²) in [6.07, 6.45) is 2.29. The van der Waals surface area contributed by atoms with E-state index in [1.54, 1.807) is 0 Å². The van der Waals surface area contributed by atoms with Crippen molar-refractivity contribution in [2.45, 2.75) is 106 Å². The van der Waals surface area contributed by atoms with Gasteiger partial charge in [-0.15, -0.1) is 0 Å². The largest absolute Gasteiger partial charge is 0.488 e. The molecule has 48 heavy (non-hydrogen) atoms. The smallest absolute Gasteiger partial charge is 0.137 e. The van der Waals surface area contributed by atoms with E-state index in [1.807, 2.05) is 0 Å². The molecule has 266 valence electrons. The Balaban J connectivity index is 1.43. The van der Waals surface area contributed by atoms with Crippen molar-refractivity contribution < 1.29 is 18.4 Å². The van der Waals surface area contributed by atoms with Crippen molar-refractivity contribution in [3.05, 3.63) is 95.1 Å². The molecule has 0 aliphatic heterocycles. The van der Waals surface area contributed by atoms with E-state index in [0.717, 1.165) is 59.5 Å². The molecule has 0 spiro atoms. The SMILES string of the molecule is CC(C)(C)CC(C)(C)c1ccc(OCC[N+](C)(C)Cc2ccc(C[N+](C)(C)CCOc3ccc(C(C)(C)CC(C)(C)C)cc3)cc2)cc1. The van der Waals surface area contributed by atoms with Gasteiger partial charge in [0.1, 0.15) is 50.9 Å². The first-order chi connectivity index (χ1) is 21.9. The van der Waals surface area contributed by atoms with E-state index >= 15 is 0 Å². The molecule has 0 radical (unpaired) electrons. The summed E-state index contributed by atoms with van der Waals surface area (Å²) in [6, 6.07) is 26.7. The van der Waals surface area contributed by atoms with E-state index in [9.17, 15) is 0 Å². The second-order valence-corrected chi connectivity index (χ2v) is 19.4. The quantitative estimate of drug-likeness (QED) is 0.143. The summed E-state index contributed by atoms with van der Waals surface area (Å²) in [5.41, 5.74) is 6.34. The fourth-order valence-corrected chi connectivity index (χ4v) is 7.58. The van der Waals surface area contributed by atoms with Gasteiger partial charge in [0.05, 0.1) is 28.2 Å². The van der Waals surface area contributed by atoms with Crippen LogP contribution in [0.2, 0.25) is 0 Å². The average molecular weight is 659 g/mol. The van der Waals surface area contributed by atoms with Crippen molar-refractivity contribution >= 4 is 0 Å². The van der Waals surface area contributed by atoms with Crippen LogP contribution >= 0.6 is 0 Å². The zero-order valence-corrected chi connectivity index (χ0v) is 33.3. The highest BCUT2D eigenvalue weighted by molar-refractivity contribution is 5.33. The molecule has 0 atom stereocenters. The van der Waals surface area contributed by atoms with E-state index in [4.69, 9.17) is 9.47 Å². The Kier molecular flexibility index (Phi) is 12.7. The second kappa shape index (κ2) is 15.4. The zero-order valence-electron chi connectivity index (χ0n) is 33.3. The van der Waals surface area contributed by atoms with Gasteiger partial charge in [-0.05, 0) is 69.9 Å². The van der Waals surface area contributed by atoms with Crippen molar-refractivity contribution in [3.8, 4) is 11.5 Å². The molecule has 0 unspecified atom stereocenters. The first-order valence-electron chi connectivity index (χ1n) is 18.1. The molecule has 4 heteroatoms. The van der Waals surface area contributed by atoms with Gasteiger partial charge < -0.3 is 18.4 Å². The molecule has 4 nitrogen and oxygen atoms in total. The van der Waals surface area contributed by atoms with Crippen LogP contribution in [0, 0.1) is 10.8 Å². The van der Waals surface area contributed by atoms with Crippen LogP contribution < -0.4 is 9.47 Å². The molecule has 3 aromatic carbocycles. The molecular weight excluding hydrogens is 588 g/mol. The van der Waals surface area contributed by atoms with Gasteiger partial charge in [0, 0.05) is 11.1 Å². The predicted octanol–water partition coefficient (Wildman–Crippen LogP) is 10.4. The minimum atomic E-state index is 0.144. The van der Waals surface area contributed by atoms with Gasteiger partial charge in [-0.3, -0.25) is 0 Å². The monoisotopic (exact) mass is 659 g/mol. The van der Waals surface area contributed by atoms with E-state index in [1.165, 1.54) is 22.3 Å². The normalized spacial score (nSPS) is 13.5. The highest BCUT2D eigenvalue weighted by Gasteiger charge is 2.28. The van der Waals surface area contributed by atoms with Gasteiger partial charge >= 0.3 is 0 Å². The first kappa shape index (κ1) is 39.6. The molecule has 0 N–H and O–H groups in total. The molecule has 0 bridgehead atoms. The maximum absolute atomic E-state index is 6.19. The Hall–Kier alpha value is -2.82. The van der Waals surface area contributed by atoms with Crippen molar-refractivity contribution in [2.75, 3.05) is 54.5 Å². The topological polar surface area (TPSA) is 18.5 Å². The Bertz CT molecular complexity index is 1290. The molecule has 3 aromatic rings. The minimum Gasteiger partial charge on any atom is -0.488 e. The number of likely N-dealkylation sites (N-methyl/N-ethyl adjacent to an activating group) is 2. The molecule has 3 rings (SSSR count). The van der Waals surface area contributed by atoms with Crippen LogP contribution in [0.4, 0.5) is 0 Å². The third-order valence-corrected chi connectivity index (χ3v) is 9.39. The van der Waals surface area contributed by atoms with Gasteiger partial charge in [-0.2, -0.15) is 0 Å². The fraction of sp³-hybridized carbons (Fsp3) is 0.591. The summed E-state index contributed by atoms with van der Waals surface area (Å²) in [7, 11) is 9.15. The summed E-state index contributed by atoms with van der Waals surface area (Å²) in [5.74, 6) is 1.91. The Labute approximate surface area is 295 Å². The molecule has 0 fully saturated rings. The van der Waals surface area contributed by atoms with E-state index in [-0.39, 0.29) is 10.8 Å². The third-order valence-electron chi connectivity index (χ3n) is 9.39. The van der Waals surface area contributed by atoms with Crippen LogP contribution in [0.1, 0.15) is 104 Å². The molecule has 0 aromatic heterocycles. The highest BCUT2D eigenvalue weighted by Crippen LogP contribution is 2.38. The summed E-state index contributed by atoms with van der Waals surface area (Å²) < 4.78 is 14.1. The van der Waals surface area contributed by atoms with Crippen molar-refractivity contribution in [1.29, 1.82) is 0 Å². The van der Waals surface area contributed by atoms with Crippen LogP contribution in [0.15, 0.2) is 72.8 Å².